The van der Waals surface area contributed by atoms with Gasteiger partial charge in [0.15, 0.2) is 6.10 Å². The first kappa shape index (κ1) is 8.67. The largest absolute Gasteiger partial charge is 0.472 e. The molecule has 0 bridgehead atoms. The molecule has 1 aromatic heterocycles. The van der Waals surface area contributed by atoms with Gasteiger partial charge < -0.3 is 9.52 Å². The average molecular weight is 227 g/mol. The highest BCUT2D eigenvalue weighted by molar-refractivity contribution is 9.10. The number of hydrogen-bond donors (Lipinski definition) is 1. The molecule has 1 aromatic rings. The lowest BCUT2D eigenvalue weighted by atomic mass is 10.2. The zero-order chi connectivity index (χ0) is 8.48. The van der Waals surface area contributed by atoms with Crippen molar-refractivity contribution in [3.63, 3.8) is 0 Å². The predicted octanol–water partition coefficient (Wildman–Crippen LogP) is 2.30. The first-order valence-electron chi connectivity index (χ1n) is 2.78. The van der Waals surface area contributed by atoms with E-state index >= 15 is 0 Å². The van der Waals surface area contributed by atoms with Crippen LogP contribution in [0.4, 0.5) is 8.78 Å². The van der Waals surface area contributed by atoms with Crippen LogP contribution in [0.2, 0.25) is 0 Å². The highest BCUT2D eigenvalue weighted by Crippen LogP contribution is 2.36. The number of aliphatic hydroxyl groups is 1. The highest BCUT2D eigenvalue weighted by atomic mass is 79.9. The van der Waals surface area contributed by atoms with E-state index in [9.17, 15) is 8.78 Å². The zero-order valence-electron chi connectivity index (χ0n) is 5.30. The Labute approximate surface area is 69.9 Å². The molecule has 2 nitrogen and oxygen atoms in total. The van der Waals surface area contributed by atoms with E-state index in [1.54, 1.807) is 0 Å². The van der Waals surface area contributed by atoms with Gasteiger partial charge in [-0.15, -0.1) is 0 Å². The second-order valence-electron chi connectivity index (χ2n) is 2.00. The van der Waals surface area contributed by atoms with E-state index in [2.05, 4.69) is 4.42 Å². The van der Waals surface area contributed by atoms with E-state index in [-0.39, 0.29) is 5.56 Å². The third-order valence-electron chi connectivity index (χ3n) is 1.17. The van der Waals surface area contributed by atoms with Gasteiger partial charge in [0.05, 0.1) is 12.5 Å². The van der Waals surface area contributed by atoms with Crippen LogP contribution < -0.4 is 0 Å². The van der Waals surface area contributed by atoms with Crippen molar-refractivity contribution in [3.05, 3.63) is 24.2 Å². The van der Waals surface area contributed by atoms with E-state index < -0.39 is 10.9 Å². The van der Waals surface area contributed by atoms with E-state index in [0.717, 1.165) is 6.26 Å². The van der Waals surface area contributed by atoms with Crippen LogP contribution >= 0.6 is 15.9 Å². The summed E-state index contributed by atoms with van der Waals surface area (Å²) >= 11 is 2.04. The van der Waals surface area contributed by atoms with Crippen LogP contribution in [0.5, 0.6) is 0 Å². The standard InChI is InChI=1S/C6H5BrF2O2/c7-6(8,9)5(10)4-1-2-11-3-4/h1-3,5,10H. The fraction of sp³-hybridized carbons (Fsp3) is 0.333. The van der Waals surface area contributed by atoms with Crippen LogP contribution in [0.15, 0.2) is 23.0 Å². The molecule has 62 valence electrons. The molecule has 1 heterocycles. The molecule has 0 saturated carbocycles. The number of rotatable bonds is 2. The molecule has 0 aliphatic rings. The minimum atomic E-state index is -3.31. The van der Waals surface area contributed by atoms with Gasteiger partial charge in [0, 0.05) is 5.56 Å². The maximum absolute atomic E-state index is 12.3. The molecule has 5 heteroatoms. The smallest absolute Gasteiger partial charge is 0.330 e. The Kier molecular flexibility index (Phi) is 2.29. The average Bonchev–Trinajstić information content (AvgIpc) is 2.34. The first-order chi connectivity index (χ1) is 5.02. The second-order valence-corrected chi connectivity index (χ2v) is 3.06. The van der Waals surface area contributed by atoms with E-state index in [1.807, 2.05) is 15.9 Å². The third-order valence-corrected chi connectivity index (χ3v) is 1.60. The fourth-order valence-corrected chi connectivity index (χ4v) is 0.884. The molecule has 0 saturated heterocycles. The molecule has 0 fully saturated rings. The van der Waals surface area contributed by atoms with Crippen molar-refractivity contribution in [2.75, 3.05) is 0 Å². The van der Waals surface area contributed by atoms with Crippen molar-refractivity contribution in [2.24, 2.45) is 0 Å². The lowest BCUT2D eigenvalue weighted by molar-refractivity contribution is -0.0297. The Morgan fingerprint density at radius 1 is 1.64 bits per heavy atom. The lowest BCUT2D eigenvalue weighted by Crippen LogP contribution is -2.17. The summed E-state index contributed by atoms with van der Waals surface area (Å²) in [6.45, 7) is 0. The summed E-state index contributed by atoms with van der Waals surface area (Å²) in [6.07, 6.45) is 0.429. The molecular formula is C6H5BrF2O2. The topological polar surface area (TPSA) is 33.4 Å². The lowest BCUT2D eigenvalue weighted by Gasteiger charge is -2.13. The SMILES string of the molecule is OC(c1ccoc1)C(F)(F)Br. The molecule has 1 unspecified atom stereocenters. The molecule has 1 N–H and O–H groups in total. The van der Waals surface area contributed by atoms with Gasteiger partial charge >= 0.3 is 4.83 Å². The molecule has 1 atom stereocenters. The summed E-state index contributed by atoms with van der Waals surface area (Å²) in [7, 11) is 0. The number of halogens is 3. The summed E-state index contributed by atoms with van der Waals surface area (Å²) in [4.78, 5) is -3.31. The number of hydrogen-bond acceptors (Lipinski definition) is 2. The normalized spacial score (nSPS) is 14.9. The summed E-state index contributed by atoms with van der Waals surface area (Å²) in [6, 6.07) is 1.28. The van der Waals surface area contributed by atoms with Gasteiger partial charge in [0.1, 0.15) is 0 Å². The molecule has 0 aliphatic heterocycles. The maximum atomic E-state index is 12.3. The molecule has 0 aromatic carbocycles. The molecule has 11 heavy (non-hydrogen) atoms. The number of alkyl halides is 3. The van der Waals surface area contributed by atoms with E-state index in [4.69, 9.17) is 5.11 Å². The summed E-state index contributed by atoms with van der Waals surface area (Å²) in [5.74, 6) is 0. The highest BCUT2D eigenvalue weighted by Gasteiger charge is 2.36. The Balaban J connectivity index is 2.78. The number of furan rings is 1. The van der Waals surface area contributed by atoms with Crippen LogP contribution in [0.25, 0.3) is 0 Å². The van der Waals surface area contributed by atoms with Crippen LogP contribution in [0.3, 0.4) is 0 Å². The summed E-state index contributed by atoms with van der Waals surface area (Å²) < 4.78 is 29.1. The van der Waals surface area contributed by atoms with E-state index in [0.29, 0.717) is 0 Å². The van der Waals surface area contributed by atoms with Crippen LogP contribution in [-0.4, -0.2) is 9.94 Å². The van der Waals surface area contributed by atoms with Crippen molar-refractivity contribution in [2.45, 2.75) is 10.9 Å². The molecule has 0 amide bonds. The van der Waals surface area contributed by atoms with Crippen molar-refractivity contribution >= 4 is 15.9 Å². The van der Waals surface area contributed by atoms with Gasteiger partial charge in [0.2, 0.25) is 0 Å². The third kappa shape index (κ3) is 2.00. The van der Waals surface area contributed by atoms with Gasteiger partial charge in [-0.25, -0.2) is 0 Å². The maximum Gasteiger partial charge on any atom is 0.330 e. The van der Waals surface area contributed by atoms with Crippen LogP contribution in [0, 0.1) is 0 Å². The van der Waals surface area contributed by atoms with Crippen LogP contribution in [-0.2, 0) is 0 Å². The first-order valence-corrected chi connectivity index (χ1v) is 3.58. The Morgan fingerprint density at radius 2 is 2.27 bits per heavy atom. The van der Waals surface area contributed by atoms with Gasteiger partial charge in [0.25, 0.3) is 0 Å². The number of aliphatic hydroxyl groups excluding tert-OH is 1. The predicted molar refractivity (Wildman–Crippen MR) is 37.5 cm³/mol. The molecule has 0 spiro atoms. The quantitative estimate of drug-likeness (QED) is 0.786. The van der Waals surface area contributed by atoms with E-state index in [1.165, 1.54) is 12.3 Å². The Bertz CT molecular complexity index is 217. The summed E-state index contributed by atoms with van der Waals surface area (Å²) in [5, 5.41) is 8.89. The molecule has 0 radical (unpaired) electrons. The fourth-order valence-electron chi connectivity index (χ4n) is 0.620. The van der Waals surface area contributed by atoms with Crippen molar-refractivity contribution in [3.8, 4) is 0 Å². The van der Waals surface area contributed by atoms with Crippen molar-refractivity contribution in [1.82, 2.24) is 0 Å². The second kappa shape index (κ2) is 2.91. The van der Waals surface area contributed by atoms with Crippen LogP contribution in [0.1, 0.15) is 11.7 Å². The minimum Gasteiger partial charge on any atom is -0.472 e. The van der Waals surface area contributed by atoms with Crippen molar-refractivity contribution < 1.29 is 18.3 Å². The molecule has 0 aliphatic carbocycles. The Hall–Kier alpha value is -0.420. The Morgan fingerprint density at radius 3 is 2.64 bits per heavy atom. The van der Waals surface area contributed by atoms with Gasteiger partial charge in [-0.3, -0.25) is 0 Å². The van der Waals surface area contributed by atoms with Crippen molar-refractivity contribution in [1.29, 1.82) is 0 Å². The molecular weight excluding hydrogens is 222 g/mol. The van der Waals surface area contributed by atoms with Gasteiger partial charge in [-0.05, 0) is 22.0 Å². The van der Waals surface area contributed by atoms with Gasteiger partial charge in [-0.2, -0.15) is 8.78 Å². The van der Waals surface area contributed by atoms with Gasteiger partial charge in [-0.1, -0.05) is 0 Å². The molecule has 1 rings (SSSR count). The zero-order valence-corrected chi connectivity index (χ0v) is 6.88. The monoisotopic (exact) mass is 226 g/mol. The summed E-state index contributed by atoms with van der Waals surface area (Å²) in [5.41, 5.74) is 0.0480. The minimum absolute atomic E-state index is 0.0480.